The van der Waals surface area contributed by atoms with Gasteiger partial charge in [-0.3, -0.25) is 9.48 Å². The number of carbonyl (C=O) groups is 1. The third-order valence-electron chi connectivity index (χ3n) is 4.91. The maximum Gasteiger partial charge on any atom is 0.276 e. The third kappa shape index (κ3) is 4.02. The summed E-state index contributed by atoms with van der Waals surface area (Å²) >= 11 is 0. The van der Waals surface area contributed by atoms with Crippen molar-refractivity contribution in [2.24, 2.45) is 7.05 Å². The largest absolute Gasteiger partial charge is 0.473 e. The van der Waals surface area contributed by atoms with Gasteiger partial charge in [-0.05, 0) is 43.2 Å². The highest BCUT2D eigenvalue weighted by molar-refractivity contribution is 7.91. The molecule has 10 heteroatoms. The smallest absolute Gasteiger partial charge is 0.276 e. The van der Waals surface area contributed by atoms with E-state index in [9.17, 15) is 13.2 Å². The van der Waals surface area contributed by atoms with Gasteiger partial charge in [-0.15, -0.1) is 5.10 Å². The molecule has 1 aliphatic rings. The number of nitrogens with one attached hydrogen (secondary N) is 1. The second-order valence-corrected chi connectivity index (χ2v) is 9.33. The normalized spacial score (nSPS) is 16.6. The van der Waals surface area contributed by atoms with Crippen LogP contribution in [0.25, 0.3) is 10.9 Å². The van der Waals surface area contributed by atoms with Crippen molar-refractivity contribution in [3.8, 4) is 5.88 Å². The van der Waals surface area contributed by atoms with Gasteiger partial charge in [0.2, 0.25) is 5.88 Å². The molecule has 29 heavy (non-hydrogen) atoms. The van der Waals surface area contributed by atoms with E-state index in [1.165, 1.54) is 6.20 Å². The fourth-order valence-electron chi connectivity index (χ4n) is 3.33. The molecule has 4 rings (SSSR count). The predicted molar refractivity (Wildman–Crippen MR) is 110 cm³/mol. The van der Waals surface area contributed by atoms with Crippen molar-refractivity contribution in [1.29, 1.82) is 0 Å². The number of rotatable bonds is 4. The number of benzene rings is 1. The molecule has 1 amide bonds. The van der Waals surface area contributed by atoms with E-state index in [0.29, 0.717) is 30.1 Å². The molecule has 0 radical (unpaired) electrons. The molecule has 1 aliphatic heterocycles. The second kappa shape index (κ2) is 7.36. The second-order valence-electron chi connectivity index (χ2n) is 7.03. The molecule has 152 valence electrons. The van der Waals surface area contributed by atoms with Gasteiger partial charge in [0.25, 0.3) is 5.91 Å². The van der Waals surface area contributed by atoms with Gasteiger partial charge in [-0.25, -0.2) is 13.4 Å². The first-order valence-electron chi connectivity index (χ1n) is 9.18. The van der Waals surface area contributed by atoms with Gasteiger partial charge in [-0.1, -0.05) is 0 Å². The van der Waals surface area contributed by atoms with Crippen LogP contribution in [0.3, 0.4) is 0 Å². The summed E-state index contributed by atoms with van der Waals surface area (Å²) < 4.78 is 30.8. The van der Waals surface area contributed by atoms with E-state index in [1.54, 1.807) is 36.0 Å². The van der Waals surface area contributed by atoms with Crippen LogP contribution in [0.4, 0.5) is 11.4 Å². The molecule has 0 unspecified atom stereocenters. The molecule has 0 aliphatic carbocycles. The topological polar surface area (TPSA) is 129 Å². The molecular formula is C19H21N5O4S. The number of hydrogen-bond donors (Lipinski definition) is 2. The Hall–Kier alpha value is -3.14. The molecule has 2 aromatic heterocycles. The first-order chi connectivity index (χ1) is 13.8. The molecule has 1 aromatic carbocycles. The Morgan fingerprint density at radius 1 is 1.28 bits per heavy atom. The Balaban J connectivity index is 1.54. The van der Waals surface area contributed by atoms with Gasteiger partial charge < -0.3 is 15.8 Å². The molecule has 0 spiro atoms. The lowest BCUT2D eigenvalue weighted by molar-refractivity contribution is 0.102. The fraction of sp³-hybridized carbons (Fsp3) is 0.316. The Labute approximate surface area is 167 Å². The van der Waals surface area contributed by atoms with Crippen molar-refractivity contribution in [3.63, 3.8) is 0 Å². The Morgan fingerprint density at radius 2 is 2.03 bits per heavy atom. The number of anilines is 2. The van der Waals surface area contributed by atoms with Crippen LogP contribution in [0.15, 0.2) is 36.5 Å². The minimum Gasteiger partial charge on any atom is -0.473 e. The Morgan fingerprint density at radius 3 is 2.76 bits per heavy atom. The van der Waals surface area contributed by atoms with Gasteiger partial charge in [0.1, 0.15) is 6.10 Å². The van der Waals surface area contributed by atoms with Gasteiger partial charge in [0.05, 0.1) is 28.1 Å². The molecule has 0 atom stereocenters. The van der Waals surface area contributed by atoms with Crippen molar-refractivity contribution in [2.75, 3.05) is 22.6 Å². The quantitative estimate of drug-likeness (QED) is 0.664. The van der Waals surface area contributed by atoms with Crippen molar-refractivity contribution in [1.82, 2.24) is 14.8 Å². The molecular weight excluding hydrogens is 394 g/mol. The highest BCUT2D eigenvalue weighted by Gasteiger charge is 2.26. The van der Waals surface area contributed by atoms with E-state index in [2.05, 4.69) is 15.4 Å². The van der Waals surface area contributed by atoms with Crippen LogP contribution >= 0.6 is 0 Å². The molecule has 3 heterocycles. The molecule has 9 nitrogen and oxygen atoms in total. The number of amides is 1. The maximum absolute atomic E-state index is 12.4. The summed E-state index contributed by atoms with van der Waals surface area (Å²) in [5, 5.41) is 7.99. The number of nitrogens with zero attached hydrogens (tertiary/aromatic N) is 3. The number of nitrogens with two attached hydrogens (primary N) is 1. The number of sulfone groups is 1. The summed E-state index contributed by atoms with van der Waals surface area (Å²) in [4.78, 5) is 16.4. The van der Waals surface area contributed by atoms with Crippen molar-refractivity contribution in [3.05, 3.63) is 42.2 Å². The summed E-state index contributed by atoms with van der Waals surface area (Å²) in [6, 6.07) is 8.63. The molecule has 1 fully saturated rings. The lowest BCUT2D eigenvalue weighted by atomic mass is 10.2. The first-order valence-corrected chi connectivity index (χ1v) is 11.0. The van der Waals surface area contributed by atoms with Crippen molar-refractivity contribution >= 4 is 38.0 Å². The Bertz CT molecular complexity index is 1170. The zero-order valence-electron chi connectivity index (χ0n) is 15.8. The van der Waals surface area contributed by atoms with Crippen LogP contribution < -0.4 is 15.8 Å². The average Bonchev–Trinajstić information content (AvgIpc) is 2.99. The number of carbonyl (C=O) groups excluding carboxylic acids is 1. The average molecular weight is 415 g/mol. The SMILES string of the molecule is Cn1nc(OC2CCS(=O)(=O)CC2)c2ccc(NC(=O)c3ncccc3N)cc21. The van der Waals surface area contributed by atoms with Crippen LogP contribution in [0.5, 0.6) is 5.88 Å². The number of pyridine rings is 1. The fourth-order valence-corrected chi connectivity index (χ4v) is 4.78. The lowest BCUT2D eigenvalue weighted by Gasteiger charge is -2.22. The third-order valence-corrected chi connectivity index (χ3v) is 6.62. The summed E-state index contributed by atoms with van der Waals surface area (Å²) in [5.74, 6) is 0.327. The maximum atomic E-state index is 12.4. The molecule has 1 saturated heterocycles. The first kappa shape index (κ1) is 19.2. The van der Waals surface area contributed by atoms with E-state index in [-0.39, 0.29) is 23.3 Å². The predicted octanol–water partition coefficient (Wildman–Crippen LogP) is 1.76. The zero-order valence-corrected chi connectivity index (χ0v) is 16.6. The number of nitrogen functional groups attached to an aromatic ring is 1. The number of aryl methyl sites for hydroxylation is 1. The van der Waals surface area contributed by atoms with Crippen molar-refractivity contribution < 1.29 is 17.9 Å². The van der Waals surface area contributed by atoms with Crippen LogP contribution in [-0.2, 0) is 16.9 Å². The standard InChI is InChI=1S/C19H21N5O4S/c1-24-16-11-12(22-18(25)17-15(20)3-2-8-21-17)4-5-14(16)19(23-24)28-13-6-9-29(26,27)10-7-13/h2-5,8,11,13H,6-7,9-10,20H2,1H3,(H,22,25). The minimum absolute atomic E-state index is 0.134. The van der Waals surface area contributed by atoms with Gasteiger partial charge >= 0.3 is 0 Å². The van der Waals surface area contributed by atoms with E-state index < -0.39 is 15.7 Å². The van der Waals surface area contributed by atoms with Gasteiger partial charge in [-0.2, -0.15) is 0 Å². The molecule has 0 bridgehead atoms. The van der Waals surface area contributed by atoms with Gasteiger partial charge in [0, 0.05) is 18.9 Å². The summed E-state index contributed by atoms with van der Waals surface area (Å²) in [6.45, 7) is 0. The van der Waals surface area contributed by atoms with Crippen LogP contribution in [0.2, 0.25) is 0 Å². The van der Waals surface area contributed by atoms with E-state index in [1.807, 2.05) is 6.07 Å². The summed E-state index contributed by atoms with van der Waals surface area (Å²) in [7, 11) is -1.17. The molecule has 3 N–H and O–H groups in total. The summed E-state index contributed by atoms with van der Waals surface area (Å²) in [6.07, 6.45) is 2.25. The lowest BCUT2D eigenvalue weighted by Crippen LogP contribution is -2.30. The zero-order chi connectivity index (χ0) is 20.6. The van der Waals surface area contributed by atoms with Gasteiger partial charge in [0.15, 0.2) is 15.5 Å². The molecule has 0 saturated carbocycles. The minimum atomic E-state index is -2.95. The van der Waals surface area contributed by atoms with Crippen molar-refractivity contribution in [2.45, 2.75) is 18.9 Å². The van der Waals surface area contributed by atoms with E-state index >= 15 is 0 Å². The number of fused-ring (bicyclic) bond motifs is 1. The Kier molecular flexibility index (Phi) is 4.87. The number of hydrogen-bond acceptors (Lipinski definition) is 7. The summed E-state index contributed by atoms with van der Waals surface area (Å²) in [5.41, 5.74) is 7.62. The highest BCUT2D eigenvalue weighted by Crippen LogP contribution is 2.29. The van der Waals surface area contributed by atoms with E-state index in [4.69, 9.17) is 10.5 Å². The molecule has 3 aromatic rings. The van der Waals surface area contributed by atoms with E-state index in [0.717, 1.165) is 10.9 Å². The number of ether oxygens (including phenoxy) is 1. The van der Waals surface area contributed by atoms with Crippen LogP contribution in [-0.4, -0.2) is 46.7 Å². The number of aromatic nitrogens is 3. The monoisotopic (exact) mass is 415 g/mol. The van der Waals surface area contributed by atoms with Crippen LogP contribution in [0, 0.1) is 0 Å². The highest BCUT2D eigenvalue weighted by atomic mass is 32.2. The van der Waals surface area contributed by atoms with Crippen LogP contribution in [0.1, 0.15) is 23.3 Å².